The molecule has 0 unspecified atom stereocenters. The summed E-state index contributed by atoms with van der Waals surface area (Å²) in [5.41, 5.74) is 1.40. The van der Waals surface area contributed by atoms with Crippen LogP contribution in [0, 0.1) is 0 Å². The molecule has 0 fully saturated rings. The van der Waals surface area contributed by atoms with E-state index in [-0.39, 0.29) is 5.56 Å². The van der Waals surface area contributed by atoms with E-state index in [1.165, 1.54) is 4.88 Å². The van der Waals surface area contributed by atoms with Crippen molar-refractivity contribution >= 4 is 39.6 Å². The fraction of sp³-hybridized carbons (Fsp3) is 0.364. The van der Waals surface area contributed by atoms with Gasteiger partial charge < -0.3 is 19.9 Å². The van der Waals surface area contributed by atoms with E-state index in [1.807, 2.05) is 37.3 Å². The summed E-state index contributed by atoms with van der Waals surface area (Å²) in [7, 11) is 0. The number of benzene rings is 1. The van der Waals surface area contributed by atoms with Crippen LogP contribution in [0.5, 0.6) is 5.75 Å². The summed E-state index contributed by atoms with van der Waals surface area (Å²) >= 11 is 7.33. The van der Waals surface area contributed by atoms with Crippen molar-refractivity contribution in [3.63, 3.8) is 0 Å². The Labute approximate surface area is 180 Å². The maximum Gasteiger partial charge on any atom is 0.253 e. The molecule has 0 amide bonds. The Balaban J connectivity index is 1.86. The molecule has 3 aromatic rings. The molecule has 1 aromatic carbocycles. The Morgan fingerprint density at radius 3 is 2.83 bits per heavy atom. The number of pyridine rings is 1. The Morgan fingerprint density at radius 1 is 1.24 bits per heavy atom. The summed E-state index contributed by atoms with van der Waals surface area (Å²) < 4.78 is 5.60. The Bertz CT molecular complexity index is 999. The summed E-state index contributed by atoms with van der Waals surface area (Å²) in [6, 6.07) is 11.8. The van der Waals surface area contributed by atoms with E-state index in [1.54, 1.807) is 11.3 Å². The van der Waals surface area contributed by atoms with Crippen LogP contribution in [0.1, 0.15) is 37.1 Å². The van der Waals surface area contributed by atoms with Crippen molar-refractivity contribution in [1.82, 2.24) is 15.2 Å². The Hall–Kier alpha value is -2.38. The molecule has 0 atom stereocenters. The van der Waals surface area contributed by atoms with Crippen LogP contribution >= 0.6 is 23.6 Å². The molecule has 0 aliphatic carbocycles. The number of hydrogen-bond donors (Lipinski definition) is 2. The van der Waals surface area contributed by atoms with Gasteiger partial charge in [-0.2, -0.15) is 0 Å². The number of aromatic amines is 1. The van der Waals surface area contributed by atoms with Crippen molar-refractivity contribution in [3.8, 4) is 5.75 Å². The van der Waals surface area contributed by atoms with Crippen LogP contribution < -0.4 is 15.6 Å². The third-order valence-corrected chi connectivity index (χ3v) is 5.85. The molecule has 0 saturated heterocycles. The topological polar surface area (TPSA) is 57.4 Å². The largest absolute Gasteiger partial charge is 0.494 e. The molecule has 0 aliphatic rings. The summed E-state index contributed by atoms with van der Waals surface area (Å²) in [6.45, 7) is 6.67. The van der Waals surface area contributed by atoms with Gasteiger partial charge in [0.1, 0.15) is 5.75 Å². The number of aromatic nitrogens is 1. The van der Waals surface area contributed by atoms with Gasteiger partial charge in [-0.05, 0) is 61.3 Å². The van der Waals surface area contributed by atoms with Crippen molar-refractivity contribution < 1.29 is 4.74 Å². The van der Waals surface area contributed by atoms with Gasteiger partial charge in [0, 0.05) is 27.9 Å². The Kier molecular flexibility index (Phi) is 7.66. The van der Waals surface area contributed by atoms with Crippen LogP contribution in [-0.4, -0.2) is 28.1 Å². The number of rotatable bonds is 9. The minimum atomic E-state index is -0.0887. The standard InChI is InChI=1S/C22H27N3O2S2/c1-3-5-10-23-22(28)25(15-19-7-6-11-29-19)14-17-12-16-13-18(27-4-2)8-9-20(16)24-21(17)26/h6-9,11-13H,3-5,10,14-15H2,1-2H3,(H,23,28)(H,24,26). The van der Waals surface area contributed by atoms with Crippen LogP contribution in [0.2, 0.25) is 0 Å². The lowest BCUT2D eigenvalue weighted by Crippen LogP contribution is -2.40. The third kappa shape index (κ3) is 5.81. The highest BCUT2D eigenvalue weighted by Gasteiger charge is 2.14. The molecule has 0 aliphatic heterocycles. The SMILES string of the molecule is CCCCNC(=S)N(Cc1cccs1)Cc1cc2cc(OCC)ccc2[nH]c1=O. The number of unbranched alkanes of at least 4 members (excludes halogenated alkanes) is 1. The fourth-order valence-electron chi connectivity index (χ4n) is 3.08. The van der Waals surface area contributed by atoms with Crippen molar-refractivity contribution in [2.75, 3.05) is 13.2 Å². The maximum atomic E-state index is 12.7. The number of nitrogens with one attached hydrogen (secondary N) is 2. The van der Waals surface area contributed by atoms with E-state index < -0.39 is 0 Å². The average molecular weight is 430 g/mol. The van der Waals surface area contributed by atoms with Gasteiger partial charge in [-0.15, -0.1) is 11.3 Å². The zero-order valence-electron chi connectivity index (χ0n) is 16.9. The first-order valence-electron chi connectivity index (χ1n) is 9.94. The number of thiophene rings is 1. The van der Waals surface area contributed by atoms with Crippen molar-refractivity contribution in [3.05, 3.63) is 62.6 Å². The zero-order chi connectivity index (χ0) is 20.6. The summed E-state index contributed by atoms with van der Waals surface area (Å²) in [6.07, 6.45) is 2.16. The summed E-state index contributed by atoms with van der Waals surface area (Å²) in [4.78, 5) is 18.9. The predicted octanol–water partition coefficient (Wildman–Crippen LogP) is 4.67. The molecule has 2 heterocycles. The number of ether oxygens (including phenoxy) is 1. The second kappa shape index (κ2) is 10.4. The van der Waals surface area contributed by atoms with E-state index in [9.17, 15) is 4.79 Å². The molecule has 3 rings (SSSR count). The molecule has 2 aromatic heterocycles. The highest BCUT2D eigenvalue weighted by molar-refractivity contribution is 7.80. The first-order chi connectivity index (χ1) is 14.1. The molecule has 0 spiro atoms. The van der Waals surface area contributed by atoms with Gasteiger partial charge in [-0.3, -0.25) is 4.79 Å². The van der Waals surface area contributed by atoms with Gasteiger partial charge >= 0.3 is 0 Å². The van der Waals surface area contributed by atoms with Crippen molar-refractivity contribution in [1.29, 1.82) is 0 Å². The molecule has 2 N–H and O–H groups in total. The highest BCUT2D eigenvalue weighted by atomic mass is 32.1. The third-order valence-electron chi connectivity index (χ3n) is 4.59. The van der Waals surface area contributed by atoms with Crippen LogP contribution in [-0.2, 0) is 13.1 Å². The molecule has 0 radical (unpaired) electrons. The van der Waals surface area contributed by atoms with E-state index in [0.717, 1.165) is 36.0 Å². The zero-order valence-corrected chi connectivity index (χ0v) is 18.5. The van der Waals surface area contributed by atoms with Crippen LogP contribution in [0.15, 0.2) is 46.6 Å². The predicted molar refractivity (Wildman–Crippen MR) is 125 cm³/mol. The Morgan fingerprint density at radius 2 is 2.10 bits per heavy atom. The first kappa shape index (κ1) is 21.3. The van der Waals surface area contributed by atoms with E-state index in [4.69, 9.17) is 17.0 Å². The van der Waals surface area contributed by atoms with E-state index in [2.05, 4.69) is 33.6 Å². The number of hydrogen-bond acceptors (Lipinski definition) is 4. The van der Waals surface area contributed by atoms with Gasteiger partial charge in [0.05, 0.1) is 19.7 Å². The number of nitrogens with zero attached hydrogens (tertiary/aromatic N) is 1. The fourth-order valence-corrected chi connectivity index (χ4v) is 4.03. The van der Waals surface area contributed by atoms with Gasteiger partial charge in [0.2, 0.25) is 0 Å². The smallest absolute Gasteiger partial charge is 0.253 e. The number of thiocarbonyl (C=S) groups is 1. The van der Waals surface area contributed by atoms with Gasteiger partial charge in [-0.1, -0.05) is 19.4 Å². The average Bonchev–Trinajstić information content (AvgIpc) is 3.22. The molecule has 154 valence electrons. The van der Waals surface area contributed by atoms with Gasteiger partial charge in [0.25, 0.3) is 5.56 Å². The monoisotopic (exact) mass is 429 g/mol. The lowest BCUT2D eigenvalue weighted by Gasteiger charge is -2.25. The normalized spacial score (nSPS) is 10.8. The van der Waals surface area contributed by atoms with Crippen LogP contribution in [0.3, 0.4) is 0 Å². The quantitative estimate of drug-likeness (QED) is 0.383. The van der Waals surface area contributed by atoms with E-state index >= 15 is 0 Å². The molecular weight excluding hydrogens is 402 g/mol. The molecular formula is C22H27N3O2S2. The molecule has 0 bridgehead atoms. The molecule has 7 heteroatoms. The van der Waals surface area contributed by atoms with E-state index in [0.29, 0.717) is 30.4 Å². The lowest BCUT2D eigenvalue weighted by atomic mass is 10.1. The summed E-state index contributed by atoms with van der Waals surface area (Å²) in [5.74, 6) is 0.796. The van der Waals surface area contributed by atoms with Crippen LogP contribution in [0.25, 0.3) is 10.9 Å². The van der Waals surface area contributed by atoms with Crippen molar-refractivity contribution in [2.45, 2.75) is 39.8 Å². The molecule has 0 saturated carbocycles. The second-order valence-electron chi connectivity index (χ2n) is 6.83. The van der Waals surface area contributed by atoms with Crippen molar-refractivity contribution in [2.24, 2.45) is 0 Å². The second-order valence-corrected chi connectivity index (χ2v) is 8.25. The first-order valence-corrected chi connectivity index (χ1v) is 11.2. The number of H-pyrrole nitrogens is 1. The molecule has 5 nitrogen and oxygen atoms in total. The van der Waals surface area contributed by atoms with Gasteiger partial charge in [0.15, 0.2) is 5.11 Å². The highest BCUT2D eigenvalue weighted by Crippen LogP contribution is 2.20. The summed E-state index contributed by atoms with van der Waals surface area (Å²) in [5, 5.41) is 7.01. The lowest BCUT2D eigenvalue weighted by molar-refractivity contribution is 0.340. The number of fused-ring (bicyclic) bond motifs is 1. The molecule has 29 heavy (non-hydrogen) atoms. The van der Waals surface area contributed by atoms with Crippen LogP contribution in [0.4, 0.5) is 0 Å². The minimum Gasteiger partial charge on any atom is -0.494 e. The maximum absolute atomic E-state index is 12.7. The minimum absolute atomic E-state index is 0.0887. The van der Waals surface area contributed by atoms with Gasteiger partial charge in [-0.25, -0.2) is 0 Å².